The molecule has 3 N–H and O–H groups in total. The number of carbonyl (C=O) groups is 2. The molecule has 1 heterocycles. The Hall–Kier alpha value is -2.62. The number of nitrogens with one attached hydrogen (secondary N) is 1. The number of rotatable bonds is 9. The lowest BCUT2D eigenvalue weighted by molar-refractivity contribution is -0.142. The van der Waals surface area contributed by atoms with Crippen LogP contribution in [0.2, 0.25) is 10.0 Å². The Labute approximate surface area is 219 Å². The molecule has 0 bridgehead atoms. The van der Waals surface area contributed by atoms with Gasteiger partial charge >= 0.3 is 0 Å². The van der Waals surface area contributed by atoms with Crippen LogP contribution in [0, 0.1) is 0 Å². The van der Waals surface area contributed by atoms with Gasteiger partial charge in [-0.3, -0.25) is 9.59 Å². The lowest BCUT2D eigenvalue weighted by Gasteiger charge is -2.40. The van der Waals surface area contributed by atoms with Gasteiger partial charge in [0.1, 0.15) is 24.6 Å². The number of aliphatic hydroxyl groups excluding tert-OH is 2. The van der Waals surface area contributed by atoms with Crippen LogP contribution in [-0.2, 0) is 20.9 Å². The van der Waals surface area contributed by atoms with Gasteiger partial charge in [-0.25, -0.2) is 0 Å². The predicted molar refractivity (Wildman–Crippen MR) is 135 cm³/mol. The molecule has 0 unspecified atom stereocenters. The summed E-state index contributed by atoms with van der Waals surface area (Å²) in [7, 11) is 0. The van der Waals surface area contributed by atoms with Gasteiger partial charge in [-0.05, 0) is 36.8 Å². The molecule has 2 aromatic carbocycles. The van der Waals surface area contributed by atoms with Crippen LogP contribution in [0.5, 0.6) is 5.75 Å². The van der Waals surface area contributed by atoms with Gasteiger partial charge < -0.3 is 29.9 Å². The Morgan fingerprint density at radius 2 is 1.94 bits per heavy atom. The number of fused-ring (bicyclic) bond motifs is 3. The van der Waals surface area contributed by atoms with Crippen LogP contribution in [0.3, 0.4) is 0 Å². The lowest BCUT2D eigenvalue weighted by Crippen LogP contribution is -2.56. The Morgan fingerprint density at radius 1 is 1.17 bits per heavy atom. The molecule has 0 saturated heterocycles. The zero-order valence-corrected chi connectivity index (χ0v) is 21.2. The zero-order chi connectivity index (χ0) is 25.8. The van der Waals surface area contributed by atoms with Gasteiger partial charge in [-0.2, -0.15) is 0 Å². The van der Waals surface area contributed by atoms with Crippen molar-refractivity contribution in [1.29, 1.82) is 0 Å². The van der Waals surface area contributed by atoms with Crippen molar-refractivity contribution in [2.75, 3.05) is 26.4 Å². The van der Waals surface area contributed by atoms with Crippen LogP contribution in [0.1, 0.15) is 24.0 Å². The van der Waals surface area contributed by atoms with E-state index in [2.05, 4.69) is 5.32 Å². The molecular formula is C26H28Cl2N2O6. The van der Waals surface area contributed by atoms with Crippen molar-refractivity contribution in [3.63, 3.8) is 0 Å². The standard InChI is InChI=1S/C26H28Cl2N2O6/c1-2-35-14-22(32)30(13-15-7-8-18(27)19(28)11-15)20-12-17(26(34)29-9-10-31)23-16-5-3-4-6-21(16)36-25(23)24(20)33/h3-8,11-12,20,23-25,31,33H,2,9-10,13-14H2,1H3,(H,29,34)/t20-,23+,24+,25+/m1/s1. The molecule has 8 nitrogen and oxygen atoms in total. The van der Waals surface area contributed by atoms with E-state index in [9.17, 15) is 19.8 Å². The van der Waals surface area contributed by atoms with Gasteiger partial charge in [0.05, 0.1) is 28.6 Å². The number of hydrogen-bond donors (Lipinski definition) is 3. The van der Waals surface area contributed by atoms with Crippen molar-refractivity contribution >= 4 is 35.0 Å². The number of hydrogen-bond acceptors (Lipinski definition) is 6. The molecule has 36 heavy (non-hydrogen) atoms. The van der Waals surface area contributed by atoms with Crippen LogP contribution < -0.4 is 10.1 Å². The molecule has 1 aliphatic heterocycles. The van der Waals surface area contributed by atoms with Gasteiger partial charge in [-0.15, -0.1) is 0 Å². The summed E-state index contributed by atoms with van der Waals surface area (Å²) in [5.74, 6) is -0.722. The Bertz CT molecular complexity index is 1160. The maximum absolute atomic E-state index is 13.3. The second-order valence-corrected chi connectivity index (χ2v) is 9.40. The van der Waals surface area contributed by atoms with Gasteiger partial charge in [-0.1, -0.05) is 47.5 Å². The average Bonchev–Trinajstić information content (AvgIpc) is 3.27. The SMILES string of the molecule is CCOCC(=O)N(Cc1ccc(Cl)c(Cl)c1)[C@@H]1C=C(C(=O)NCCO)[C@@H]2c3ccccc3O[C@@H]2[C@H]1O. The normalized spacial score (nSPS) is 22.2. The molecular weight excluding hydrogens is 507 g/mol. The topological polar surface area (TPSA) is 108 Å². The molecule has 0 fully saturated rings. The molecule has 10 heteroatoms. The van der Waals surface area contributed by atoms with Crippen molar-refractivity contribution in [2.45, 2.75) is 37.6 Å². The summed E-state index contributed by atoms with van der Waals surface area (Å²) in [6.07, 6.45) is -0.306. The van der Waals surface area contributed by atoms with E-state index in [1.165, 1.54) is 4.90 Å². The van der Waals surface area contributed by atoms with E-state index in [4.69, 9.17) is 32.7 Å². The summed E-state index contributed by atoms with van der Waals surface area (Å²) in [6.45, 7) is 1.87. The molecule has 4 rings (SSSR count). The zero-order valence-electron chi connectivity index (χ0n) is 19.7. The minimum atomic E-state index is -1.13. The summed E-state index contributed by atoms with van der Waals surface area (Å²) < 4.78 is 11.5. The Kier molecular flexibility index (Phi) is 8.54. The highest BCUT2D eigenvalue weighted by atomic mass is 35.5. The maximum atomic E-state index is 13.3. The van der Waals surface area contributed by atoms with Gasteiger partial charge in [0.15, 0.2) is 0 Å². The lowest BCUT2D eigenvalue weighted by atomic mass is 9.77. The molecule has 0 aromatic heterocycles. The molecule has 0 radical (unpaired) electrons. The van der Waals surface area contributed by atoms with E-state index in [1.54, 1.807) is 37.3 Å². The molecule has 192 valence electrons. The fourth-order valence-corrected chi connectivity index (χ4v) is 4.98. The molecule has 2 aromatic rings. The minimum absolute atomic E-state index is 0.0690. The van der Waals surface area contributed by atoms with Crippen LogP contribution in [0.4, 0.5) is 0 Å². The summed E-state index contributed by atoms with van der Waals surface area (Å²) in [5, 5.41) is 24.1. The van der Waals surface area contributed by atoms with E-state index in [1.807, 2.05) is 18.2 Å². The smallest absolute Gasteiger partial charge is 0.249 e. The number of halogens is 2. The number of aliphatic hydroxyl groups is 2. The Balaban J connectivity index is 1.75. The van der Waals surface area contributed by atoms with E-state index in [-0.39, 0.29) is 32.2 Å². The first-order valence-electron chi connectivity index (χ1n) is 11.7. The first-order valence-corrected chi connectivity index (χ1v) is 12.5. The number of para-hydroxylation sites is 1. The van der Waals surface area contributed by atoms with Gasteiger partial charge in [0, 0.05) is 30.8 Å². The molecule has 2 amide bonds. The van der Waals surface area contributed by atoms with E-state index < -0.39 is 30.1 Å². The monoisotopic (exact) mass is 534 g/mol. The van der Waals surface area contributed by atoms with Gasteiger partial charge in [0.25, 0.3) is 0 Å². The summed E-state index contributed by atoms with van der Waals surface area (Å²) in [6, 6.07) is 11.4. The van der Waals surface area contributed by atoms with Crippen molar-refractivity contribution in [2.24, 2.45) is 0 Å². The largest absolute Gasteiger partial charge is 0.486 e. The molecule has 4 atom stereocenters. The number of benzene rings is 2. The van der Waals surface area contributed by atoms with Crippen LogP contribution in [0.15, 0.2) is 54.1 Å². The first kappa shape index (κ1) is 26.4. The number of ether oxygens (including phenoxy) is 2. The van der Waals surface area contributed by atoms with Crippen molar-refractivity contribution < 1.29 is 29.3 Å². The number of amides is 2. The third-order valence-electron chi connectivity index (χ3n) is 6.32. The van der Waals surface area contributed by atoms with Crippen LogP contribution in [-0.4, -0.2) is 71.5 Å². The average molecular weight is 535 g/mol. The highest BCUT2D eigenvalue weighted by Gasteiger charge is 2.50. The molecule has 1 aliphatic carbocycles. The van der Waals surface area contributed by atoms with E-state index in [0.717, 1.165) is 5.56 Å². The van der Waals surface area contributed by atoms with Gasteiger partial charge in [0.2, 0.25) is 11.8 Å². The van der Waals surface area contributed by atoms with Crippen molar-refractivity contribution in [1.82, 2.24) is 10.2 Å². The quantitative estimate of drug-likeness (QED) is 0.456. The van der Waals surface area contributed by atoms with Crippen LogP contribution >= 0.6 is 23.2 Å². The third kappa shape index (κ3) is 5.38. The maximum Gasteiger partial charge on any atom is 0.249 e. The second kappa shape index (κ2) is 11.6. The van der Waals surface area contributed by atoms with Crippen molar-refractivity contribution in [3.8, 4) is 5.75 Å². The third-order valence-corrected chi connectivity index (χ3v) is 7.06. The second-order valence-electron chi connectivity index (χ2n) is 8.59. The highest BCUT2D eigenvalue weighted by Crippen LogP contribution is 2.47. The summed E-state index contributed by atoms with van der Waals surface area (Å²) in [4.78, 5) is 27.9. The van der Waals surface area contributed by atoms with Crippen molar-refractivity contribution in [3.05, 3.63) is 75.3 Å². The number of carbonyl (C=O) groups excluding carboxylic acids is 2. The first-order chi connectivity index (χ1) is 17.3. The predicted octanol–water partition coefficient (Wildman–Crippen LogP) is 2.68. The molecule has 2 aliphatic rings. The fourth-order valence-electron chi connectivity index (χ4n) is 4.66. The highest BCUT2D eigenvalue weighted by molar-refractivity contribution is 6.42. The van der Waals surface area contributed by atoms with Crippen LogP contribution in [0.25, 0.3) is 0 Å². The Morgan fingerprint density at radius 3 is 2.67 bits per heavy atom. The van der Waals surface area contributed by atoms with E-state index >= 15 is 0 Å². The fraction of sp³-hybridized carbons (Fsp3) is 0.385. The van der Waals surface area contributed by atoms with E-state index in [0.29, 0.717) is 33.5 Å². The minimum Gasteiger partial charge on any atom is -0.486 e. The molecule has 0 saturated carbocycles. The summed E-state index contributed by atoms with van der Waals surface area (Å²) >= 11 is 12.3. The summed E-state index contributed by atoms with van der Waals surface area (Å²) in [5.41, 5.74) is 1.83. The molecule has 0 spiro atoms. The number of nitrogens with zero attached hydrogens (tertiary/aromatic N) is 1.